The summed E-state index contributed by atoms with van der Waals surface area (Å²) in [5, 5.41) is 13.5. The van der Waals surface area contributed by atoms with Gasteiger partial charge in [0.25, 0.3) is 0 Å². The van der Waals surface area contributed by atoms with Crippen molar-refractivity contribution in [1.82, 2.24) is 5.06 Å². The van der Waals surface area contributed by atoms with Gasteiger partial charge in [0, 0.05) is 12.8 Å². The minimum absolute atomic E-state index is 0.0848. The molecule has 2 saturated carbocycles. The molecule has 0 aromatic heterocycles. The molecule has 1 aliphatic heterocycles. The zero-order valence-electron chi connectivity index (χ0n) is 16.5. The highest BCUT2D eigenvalue weighted by atomic mass is 16.5. The number of hydroxylamine groups is 2. The van der Waals surface area contributed by atoms with Crippen LogP contribution in [0.25, 0.3) is 0 Å². The predicted molar refractivity (Wildman–Crippen MR) is 100 cm³/mol. The molecule has 24 heavy (non-hydrogen) atoms. The Bertz CT molecular complexity index is 370. The lowest BCUT2D eigenvalue weighted by atomic mass is 9.64. The highest BCUT2D eigenvalue weighted by Crippen LogP contribution is 2.52. The van der Waals surface area contributed by atoms with E-state index in [-0.39, 0.29) is 11.1 Å². The van der Waals surface area contributed by atoms with Crippen molar-refractivity contribution in [1.29, 1.82) is 0 Å². The molecule has 3 rings (SSSR count). The first-order valence-corrected chi connectivity index (χ1v) is 10.9. The van der Waals surface area contributed by atoms with E-state index in [1.165, 1.54) is 101 Å². The van der Waals surface area contributed by atoms with Crippen LogP contribution in [-0.2, 0) is 0 Å². The maximum absolute atomic E-state index is 11.5. The highest BCUT2D eigenvalue weighted by molar-refractivity contribution is 5.07. The second-order valence-electron chi connectivity index (χ2n) is 9.11. The third-order valence-electron chi connectivity index (χ3n) is 8.36. The quantitative estimate of drug-likeness (QED) is 0.720. The molecule has 1 N–H and O–H groups in total. The van der Waals surface area contributed by atoms with Crippen LogP contribution in [0.15, 0.2) is 0 Å². The van der Waals surface area contributed by atoms with Crippen LogP contribution >= 0.6 is 0 Å². The fourth-order valence-corrected chi connectivity index (χ4v) is 6.71. The zero-order chi connectivity index (χ0) is 17.3. The van der Waals surface area contributed by atoms with Gasteiger partial charge in [0.05, 0.1) is 36.8 Å². The molecule has 2 aliphatic carbocycles. The summed E-state index contributed by atoms with van der Waals surface area (Å²) in [4.78, 5) is 0. The van der Waals surface area contributed by atoms with Crippen LogP contribution in [0.2, 0.25) is 0 Å². The van der Waals surface area contributed by atoms with Crippen molar-refractivity contribution >= 4 is 0 Å². The monoisotopic (exact) mass is 337 g/mol. The highest BCUT2D eigenvalue weighted by Gasteiger charge is 2.58. The fourth-order valence-electron chi connectivity index (χ4n) is 6.71. The molecule has 3 heteroatoms. The maximum Gasteiger partial charge on any atom is 0.0927 e. The summed E-state index contributed by atoms with van der Waals surface area (Å²) in [6, 6.07) is 0.740. The van der Waals surface area contributed by atoms with Gasteiger partial charge < -0.3 is 9.69 Å². The molecule has 3 aliphatic rings. The lowest BCUT2D eigenvalue weighted by Gasteiger charge is -2.62. The van der Waals surface area contributed by atoms with Gasteiger partial charge in [-0.05, 0) is 46.5 Å². The van der Waals surface area contributed by atoms with E-state index in [0.29, 0.717) is 0 Å². The normalized spacial score (nSPS) is 30.8. The minimum Gasteiger partial charge on any atom is -0.322 e. The van der Waals surface area contributed by atoms with Crippen molar-refractivity contribution < 1.29 is 9.69 Å². The van der Waals surface area contributed by atoms with Crippen molar-refractivity contribution in [3.05, 3.63) is 0 Å². The van der Waals surface area contributed by atoms with E-state index in [0.717, 1.165) is 6.04 Å². The zero-order valence-corrected chi connectivity index (χ0v) is 16.5. The van der Waals surface area contributed by atoms with Gasteiger partial charge >= 0.3 is 0 Å². The summed E-state index contributed by atoms with van der Waals surface area (Å²) in [5.74, 6) is 0. The van der Waals surface area contributed by atoms with E-state index in [9.17, 15) is 5.21 Å². The van der Waals surface area contributed by atoms with Crippen LogP contribution in [0.5, 0.6) is 0 Å². The van der Waals surface area contributed by atoms with Gasteiger partial charge in [-0.2, -0.15) is 5.06 Å². The molecule has 2 spiro atoms. The summed E-state index contributed by atoms with van der Waals surface area (Å²) >= 11 is 0. The van der Waals surface area contributed by atoms with Crippen molar-refractivity contribution in [2.45, 2.75) is 115 Å². The number of rotatable bonds is 4. The molecule has 0 radical (unpaired) electrons. The molecule has 3 fully saturated rings. The van der Waals surface area contributed by atoms with Gasteiger partial charge in [-0.3, -0.25) is 0 Å². The van der Waals surface area contributed by atoms with Gasteiger partial charge in [-0.15, -0.1) is 0 Å². The van der Waals surface area contributed by atoms with Gasteiger partial charge in [0.1, 0.15) is 0 Å². The Morgan fingerprint density at radius 3 is 1.46 bits per heavy atom. The summed E-state index contributed by atoms with van der Waals surface area (Å²) in [7, 11) is 0. The largest absolute Gasteiger partial charge is 0.322 e. The molecule has 1 heterocycles. The lowest BCUT2D eigenvalue weighted by molar-refractivity contribution is -0.949. The molecule has 140 valence electrons. The van der Waals surface area contributed by atoms with Crippen molar-refractivity contribution in [2.24, 2.45) is 0 Å². The molecule has 0 bridgehead atoms. The number of hydrogen-bond acceptors (Lipinski definition) is 2. The molecular weight excluding hydrogens is 296 g/mol. The van der Waals surface area contributed by atoms with E-state index in [1.54, 1.807) is 0 Å². The molecule has 0 unspecified atom stereocenters. The Morgan fingerprint density at radius 2 is 1.12 bits per heavy atom. The molecule has 0 amide bonds. The van der Waals surface area contributed by atoms with E-state index in [2.05, 4.69) is 20.8 Å². The van der Waals surface area contributed by atoms with Gasteiger partial charge in [-0.25, -0.2) is 0 Å². The third-order valence-corrected chi connectivity index (χ3v) is 8.36. The first kappa shape index (κ1) is 18.7. The van der Waals surface area contributed by atoms with Crippen LogP contribution in [-0.4, -0.2) is 51.5 Å². The summed E-state index contributed by atoms with van der Waals surface area (Å²) in [5.41, 5.74) is 0.170. The van der Waals surface area contributed by atoms with Gasteiger partial charge in [-0.1, -0.05) is 38.5 Å². The summed E-state index contributed by atoms with van der Waals surface area (Å²) < 4.78 is 1.26. The smallest absolute Gasteiger partial charge is 0.0927 e. The van der Waals surface area contributed by atoms with Crippen LogP contribution in [0.4, 0.5) is 0 Å². The Hall–Kier alpha value is -0.120. The van der Waals surface area contributed by atoms with E-state index in [4.69, 9.17) is 0 Å². The van der Waals surface area contributed by atoms with Crippen molar-refractivity contribution in [3.8, 4) is 0 Å². The van der Waals surface area contributed by atoms with E-state index < -0.39 is 0 Å². The number of quaternary nitrogens is 1. The van der Waals surface area contributed by atoms with Crippen LogP contribution in [0.1, 0.15) is 97.8 Å². The minimum atomic E-state index is 0.0848. The van der Waals surface area contributed by atoms with E-state index >= 15 is 0 Å². The Kier molecular flexibility index (Phi) is 5.64. The number of nitrogens with zero attached hydrogens (tertiary/aromatic N) is 2. The molecule has 0 aromatic carbocycles. The Balaban J connectivity index is 1.96. The average Bonchev–Trinajstić information content (AvgIpc) is 2.63. The van der Waals surface area contributed by atoms with Crippen molar-refractivity contribution in [2.75, 3.05) is 19.6 Å². The second kappa shape index (κ2) is 7.25. The van der Waals surface area contributed by atoms with Crippen LogP contribution < -0.4 is 0 Å². The van der Waals surface area contributed by atoms with E-state index in [1.807, 2.05) is 5.06 Å². The molecule has 0 aromatic rings. The Morgan fingerprint density at radius 1 is 0.750 bits per heavy atom. The SMILES string of the molecule is CC[N+](CC)(CC)C1CC2(CCCCC2)N(O)C2(CCCCC2)C1. The lowest BCUT2D eigenvalue weighted by Crippen LogP contribution is -2.71. The number of hydrogen-bond donors (Lipinski definition) is 1. The van der Waals surface area contributed by atoms with Gasteiger partial charge in [0.2, 0.25) is 0 Å². The standard InChI is InChI=1S/C21H41N2O/c1-4-23(5-2,6-3)19-17-20(13-9-7-10-14-20)22(24)21(18-19)15-11-8-12-16-21/h19,24H,4-18H2,1-3H3/q+1. The summed E-state index contributed by atoms with van der Waals surface area (Å²) in [6.07, 6.45) is 15.3. The molecular formula is C21H41N2O+. The molecule has 0 atom stereocenters. The van der Waals surface area contributed by atoms with Crippen LogP contribution in [0, 0.1) is 0 Å². The molecule has 3 nitrogen and oxygen atoms in total. The fraction of sp³-hybridized carbons (Fsp3) is 1.00. The topological polar surface area (TPSA) is 23.5 Å². The van der Waals surface area contributed by atoms with Crippen molar-refractivity contribution in [3.63, 3.8) is 0 Å². The maximum atomic E-state index is 11.5. The molecule has 1 saturated heterocycles. The Labute approximate surface area is 149 Å². The predicted octanol–water partition coefficient (Wildman–Crippen LogP) is 5.12. The van der Waals surface area contributed by atoms with Crippen LogP contribution in [0.3, 0.4) is 0 Å². The third kappa shape index (κ3) is 2.95. The first-order chi connectivity index (χ1) is 11.6. The second-order valence-corrected chi connectivity index (χ2v) is 9.11. The average molecular weight is 338 g/mol. The number of piperidine rings is 1. The first-order valence-electron chi connectivity index (χ1n) is 10.9. The summed E-state index contributed by atoms with van der Waals surface area (Å²) in [6.45, 7) is 10.9. The van der Waals surface area contributed by atoms with Gasteiger partial charge in [0.15, 0.2) is 0 Å².